The molecule has 0 amide bonds. The van der Waals surface area contributed by atoms with E-state index in [1.807, 2.05) is 18.2 Å². The number of halogens is 1. The highest BCUT2D eigenvalue weighted by atomic mass is 19.1. The fourth-order valence-corrected chi connectivity index (χ4v) is 3.80. The van der Waals surface area contributed by atoms with Gasteiger partial charge in [-0.3, -0.25) is 0 Å². The van der Waals surface area contributed by atoms with E-state index in [-0.39, 0.29) is 11.7 Å². The highest BCUT2D eigenvalue weighted by molar-refractivity contribution is 5.56. The van der Waals surface area contributed by atoms with Crippen molar-refractivity contribution in [2.24, 2.45) is 5.92 Å². The van der Waals surface area contributed by atoms with Crippen LogP contribution in [0.25, 0.3) is 0 Å². The van der Waals surface area contributed by atoms with E-state index in [0.29, 0.717) is 35.3 Å². The van der Waals surface area contributed by atoms with Crippen molar-refractivity contribution >= 4 is 11.4 Å². The standard InChI is InChI=1S/C20H23FN2O2/c1-11-6-17(22)15(9-16(11)21)20(25)10-13(20)7-12-2-3-14(18(23)8-12)19(24)4-5-19/h2-3,6,8-9,13,24-25H,4-5,7,10,22-23H2,1H3. The van der Waals surface area contributed by atoms with Crippen LogP contribution in [-0.4, -0.2) is 10.2 Å². The van der Waals surface area contributed by atoms with Crippen LogP contribution in [0.4, 0.5) is 15.8 Å². The van der Waals surface area contributed by atoms with Crippen molar-refractivity contribution in [3.8, 4) is 0 Å². The van der Waals surface area contributed by atoms with Gasteiger partial charge in [0.1, 0.15) is 5.82 Å². The summed E-state index contributed by atoms with van der Waals surface area (Å²) >= 11 is 0. The van der Waals surface area contributed by atoms with Crippen LogP contribution in [-0.2, 0) is 17.6 Å². The Morgan fingerprint density at radius 2 is 1.76 bits per heavy atom. The molecule has 5 heteroatoms. The number of benzene rings is 2. The Labute approximate surface area is 146 Å². The zero-order chi connectivity index (χ0) is 18.0. The molecule has 2 saturated carbocycles. The predicted molar refractivity (Wildman–Crippen MR) is 95.2 cm³/mol. The van der Waals surface area contributed by atoms with Crippen molar-refractivity contribution in [1.82, 2.24) is 0 Å². The van der Waals surface area contributed by atoms with Crippen molar-refractivity contribution in [1.29, 1.82) is 0 Å². The molecule has 2 aliphatic carbocycles. The van der Waals surface area contributed by atoms with Crippen LogP contribution in [0.1, 0.15) is 41.5 Å². The number of aliphatic hydroxyl groups is 2. The van der Waals surface area contributed by atoms with E-state index in [1.165, 1.54) is 6.07 Å². The predicted octanol–water partition coefficient (Wildman–Crippen LogP) is 2.73. The summed E-state index contributed by atoms with van der Waals surface area (Å²) in [5.41, 5.74) is 14.0. The van der Waals surface area contributed by atoms with Gasteiger partial charge in [-0.1, -0.05) is 12.1 Å². The van der Waals surface area contributed by atoms with Crippen molar-refractivity contribution in [3.05, 3.63) is 58.4 Å². The zero-order valence-corrected chi connectivity index (χ0v) is 14.2. The third kappa shape index (κ3) is 2.68. The first-order valence-corrected chi connectivity index (χ1v) is 8.63. The summed E-state index contributed by atoms with van der Waals surface area (Å²) in [5, 5.41) is 21.1. The van der Waals surface area contributed by atoms with E-state index in [1.54, 1.807) is 13.0 Å². The summed E-state index contributed by atoms with van der Waals surface area (Å²) in [7, 11) is 0. The lowest BCUT2D eigenvalue weighted by Gasteiger charge is -2.16. The monoisotopic (exact) mass is 342 g/mol. The first kappa shape index (κ1) is 16.4. The average Bonchev–Trinajstić information content (AvgIpc) is 3.43. The Bertz CT molecular complexity index is 863. The number of nitrogens with two attached hydrogens (primary N) is 2. The molecule has 2 aromatic carbocycles. The zero-order valence-electron chi connectivity index (χ0n) is 14.2. The second-order valence-corrected chi connectivity index (χ2v) is 7.67. The van der Waals surface area contributed by atoms with Gasteiger partial charge in [0.05, 0.1) is 11.2 Å². The Morgan fingerprint density at radius 1 is 1.08 bits per heavy atom. The van der Waals surface area contributed by atoms with Crippen LogP contribution in [0, 0.1) is 18.7 Å². The lowest BCUT2D eigenvalue weighted by atomic mass is 9.96. The molecule has 0 aromatic heterocycles. The fourth-order valence-electron chi connectivity index (χ4n) is 3.80. The van der Waals surface area contributed by atoms with Gasteiger partial charge in [0.25, 0.3) is 0 Å². The molecule has 0 spiro atoms. The average molecular weight is 342 g/mol. The largest absolute Gasteiger partial charge is 0.398 e. The quantitative estimate of drug-likeness (QED) is 0.643. The van der Waals surface area contributed by atoms with Crippen LogP contribution >= 0.6 is 0 Å². The molecule has 4 nitrogen and oxygen atoms in total. The Balaban J connectivity index is 1.54. The fraction of sp³-hybridized carbons (Fsp3) is 0.400. The van der Waals surface area contributed by atoms with Crippen molar-refractivity contribution in [2.75, 3.05) is 11.5 Å². The second-order valence-electron chi connectivity index (χ2n) is 7.67. The molecule has 132 valence electrons. The minimum atomic E-state index is -1.08. The normalized spacial score (nSPS) is 26.5. The third-order valence-corrected chi connectivity index (χ3v) is 5.69. The first-order chi connectivity index (χ1) is 11.7. The van der Waals surface area contributed by atoms with Crippen LogP contribution in [0.3, 0.4) is 0 Å². The highest BCUT2D eigenvalue weighted by Crippen LogP contribution is 2.55. The molecule has 4 rings (SSSR count). The van der Waals surface area contributed by atoms with Gasteiger partial charge in [0, 0.05) is 22.5 Å². The highest BCUT2D eigenvalue weighted by Gasteiger charge is 2.55. The molecule has 0 radical (unpaired) electrons. The lowest BCUT2D eigenvalue weighted by Crippen LogP contribution is -2.14. The molecule has 2 atom stereocenters. The molecule has 25 heavy (non-hydrogen) atoms. The summed E-state index contributed by atoms with van der Waals surface area (Å²) < 4.78 is 13.9. The van der Waals surface area contributed by atoms with E-state index in [9.17, 15) is 14.6 Å². The molecule has 0 aliphatic heterocycles. The van der Waals surface area contributed by atoms with E-state index in [2.05, 4.69) is 0 Å². The van der Waals surface area contributed by atoms with Crippen LogP contribution in [0.2, 0.25) is 0 Å². The maximum absolute atomic E-state index is 13.9. The van der Waals surface area contributed by atoms with Gasteiger partial charge in [-0.05, 0) is 67.9 Å². The maximum atomic E-state index is 13.9. The molecule has 0 heterocycles. The second kappa shape index (κ2) is 5.19. The molecule has 2 aromatic rings. The van der Waals surface area contributed by atoms with E-state index >= 15 is 0 Å². The number of aryl methyl sites for hydroxylation is 1. The summed E-state index contributed by atoms with van der Waals surface area (Å²) in [4.78, 5) is 0. The number of nitrogen functional groups attached to an aromatic ring is 2. The minimum absolute atomic E-state index is 0.0221. The van der Waals surface area contributed by atoms with Crippen molar-refractivity contribution in [2.45, 2.75) is 43.8 Å². The van der Waals surface area contributed by atoms with Crippen molar-refractivity contribution in [3.63, 3.8) is 0 Å². The molecular weight excluding hydrogens is 319 g/mol. The lowest BCUT2D eigenvalue weighted by molar-refractivity contribution is 0.131. The molecule has 2 aliphatic rings. The first-order valence-electron chi connectivity index (χ1n) is 8.63. The van der Waals surface area contributed by atoms with E-state index in [4.69, 9.17) is 11.5 Å². The van der Waals surface area contributed by atoms with Crippen molar-refractivity contribution < 1.29 is 14.6 Å². The Morgan fingerprint density at radius 3 is 2.40 bits per heavy atom. The van der Waals surface area contributed by atoms with E-state index in [0.717, 1.165) is 24.0 Å². The minimum Gasteiger partial charge on any atom is -0.398 e. The topological polar surface area (TPSA) is 92.5 Å². The van der Waals surface area contributed by atoms with Crippen LogP contribution in [0.15, 0.2) is 30.3 Å². The van der Waals surface area contributed by atoms with Gasteiger partial charge >= 0.3 is 0 Å². The molecule has 2 unspecified atom stereocenters. The number of hydrogen-bond donors (Lipinski definition) is 4. The molecular formula is C20H23FN2O2. The SMILES string of the molecule is Cc1cc(N)c(C2(O)CC2Cc2ccc(C3(O)CC3)c(N)c2)cc1F. The van der Waals surface area contributed by atoms with Crippen LogP contribution in [0.5, 0.6) is 0 Å². The number of rotatable bonds is 4. The van der Waals surface area contributed by atoms with Gasteiger partial charge in [-0.25, -0.2) is 4.39 Å². The summed E-state index contributed by atoms with van der Waals surface area (Å²) in [6, 6.07) is 8.61. The molecule has 6 N–H and O–H groups in total. The van der Waals surface area contributed by atoms with Gasteiger partial charge in [-0.2, -0.15) is 0 Å². The molecule has 0 bridgehead atoms. The molecule has 0 saturated heterocycles. The van der Waals surface area contributed by atoms with Gasteiger partial charge in [-0.15, -0.1) is 0 Å². The Hall–Kier alpha value is -2.11. The van der Waals surface area contributed by atoms with Crippen LogP contribution < -0.4 is 11.5 Å². The third-order valence-electron chi connectivity index (χ3n) is 5.69. The van der Waals surface area contributed by atoms with Gasteiger partial charge < -0.3 is 21.7 Å². The van der Waals surface area contributed by atoms with E-state index < -0.39 is 11.2 Å². The number of anilines is 2. The summed E-state index contributed by atoms with van der Waals surface area (Å²) in [5.74, 6) is -0.374. The number of hydrogen-bond acceptors (Lipinski definition) is 4. The van der Waals surface area contributed by atoms with Gasteiger partial charge in [0.2, 0.25) is 0 Å². The smallest absolute Gasteiger partial charge is 0.126 e. The summed E-state index contributed by atoms with van der Waals surface area (Å²) in [6.07, 6.45) is 2.67. The Kier molecular flexibility index (Phi) is 3.40. The molecule has 2 fully saturated rings. The maximum Gasteiger partial charge on any atom is 0.126 e. The summed E-state index contributed by atoms with van der Waals surface area (Å²) in [6.45, 7) is 1.65. The van der Waals surface area contributed by atoms with Gasteiger partial charge in [0.15, 0.2) is 0 Å².